The zero-order chi connectivity index (χ0) is 15.2. The third-order valence-electron chi connectivity index (χ3n) is 4.19. The molecular formula is C20H34N+. The van der Waals surface area contributed by atoms with Crippen LogP contribution >= 0.6 is 0 Å². The van der Waals surface area contributed by atoms with Gasteiger partial charge in [-0.25, -0.2) is 0 Å². The van der Waals surface area contributed by atoms with E-state index < -0.39 is 0 Å². The van der Waals surface area contributed by atoms with Gasteiger partial charge in [-0.1, -0.05) is 71.3 Å². The molecule has 21 heavy (non-hydrogen) atoms. The number of hydrogen-bond donors (Lipinski definition) is 0. The first kappa shape index (κ1) is 17.9. The van der Waals surface area contributed by atoms with Crippen molar-refractivity contribution in [2.24, 2.45) is 0 Å². The minimum atomic E-state index is 1.12. The molecule has 1 rings (SSSR count). The van der Waals surface area contributed by atoms with Crippen molar-refractivity contribution in [3.8, 4) is 0 Å². The maximum absolute atomic E-state index is 3.88. The Morgan fingerprint density at radius 2 is 1.43 bits per heavy atom. The number of rotatable bonds is 13. The van der Waals surface area contributed by atoms with Gasteiger partial charge < -0.3 is 0 Å². The summed E-state index contributed by atoms with van der Waals surface area (Å²) in [4.78, 5) is 0. The van der Waals surface area contributed by atoms with E-state index in [-0.39, 0.29) is 0 Å². The van der Waals surface area contributed by atoms with Crippen LogP contribution in [0.1, 0.15) is 83.2 Å². The molecule has 1 aromatic heterocycles. The summed E-state index contributed by atoms with van der Waals surface area (Å²) in [7, 11) is 0. The van der Waals surface area contributed by atoms with E-state index in [1.165, 1.54) is 76.3 Å². The fourth-order valence-corrected chi connectivity index (χ4v) is 2.82. The lowest BCUT2D eigenvalue weighted by Crippen LogP contribution is -2.36. The number of unbranched alkanes of at least 4 members (excludes halogenated alkanes) is 10. The summed E-state index contributed by atoms with van der Waals surface area (Å²) in [5, 5.41) is 0. The van der Waals surface area contributed by atoms with E-state index in [4.69, 9.17) is 0 Å². The number of aryl methyl sites for hydroxylation is 1. The van der Waals surface area contributed by atoms with Crippen LogP contribution in [0, 0.1) is 0 Å². The van der Waals surface area contributed by atoms with Gasteiger partial charge in [0.05, 0.1) is 0 Å². The van der Waals surface area contributed by atoms with Gasteiger partial charge in [0.25, 0.3) is 0 Å². The SMILES string of the molecule is C=Cc1cccc[n+]1CCCCCCCCCCCCC. The molecule has 0 aliphatic heterocycles. The normalized spacial score (nSPS) is 10.7. The molecule has 0 N–H and O–H groups in total. The van der Waals surface area contributed by atoms with Gasteiger partial charge in [-0.3, -0.25) is 0 Å². The Bertz CT molecular complexity index is 370. The Morgan fingerprint density at radius 3 is 2.00 bits per heavy atom. The molecule has 0 amide bonds. The predicted octanol–water partition coefficient (Wildman–Crippen LogP) is 5.93. The Balaban J connectivity index is 1.94. The summed E-state index contributed by atoms with van der Waals surface area (Å²) in [6, 6.07) is 6.31. The molecule has 1 heterocycles. The van der Waals surface area contributed by atoms with Crippen LogP contribution in [-0.2, 0) is 6.54 Å². The smallest absolute Gasteiger partial charge is 0.199 e. The quantitative estimate of drug-likeness (QED) is 0.313. The molecule has 1 aromatic rings. The minimum absolute atomic E-state index is 1.12. The van der Waals surface area contributed by atoms with E-state index in [1.54, 1.807) is 0 Å². The Morgan fingerprint density at radius 1 is 0.857 bits per heavy atom. The molecule has 0 saturated heterocycles. The van der Waals surface area contributed by atoms with Gasteiger partial charge in [0, 0.05) is 24.6 Å². The van der Waals surface area contributed by atoms with Gasteiger partial charge in [-0.2, -0.15) is 4.57 Å². The fourth-order valence-electron chi connectivity index (χ4n) is 2.82. The maximum Gasteiger partial charge on any atom is 0.204 e. The first-order valence-electron chi connectivity index (χ1n) is 8.99. The highest BCUT2D eigenvalue weighted by Gasteiger charge is 2.04. The van der Waals surface area contributed by atoms with Gasteiger partial charge in [0.1, 0.15) is 6.54 Å². The van der Waals surface area contributed by atoms with Crippen LogP contribution < -0.4 is 4.57 Å². The maximum atomic E-state index is 3.88. The molecule has 118 valence electrons. The lowest BCUT2D eigenvalue weighted by Gasteiger charge is -2.02. The first-order valence-corrected chi connectivity index (χ1v) is 8.99. The highest BCUT2D eigenvalue weighted by atomic mass is 14.9. The lowest BCUT2D eigenvalue weighted by molar-refractivity contribution is -0.699. The molecule has 0 radical (unpaired) electrons. The minimum Gasteiger partial charge on any atom is -0.199 e. The molecule has 0 aliphatic rings. The van der Waals surface area contributed by atoms with E-state index in [2.05, 4.69) is 42.5 Å². The summed E-state index contributed by atoms with van der Waals surface area (Å²) in [5.41, 5.74) is 1.23. The van der Waals surface area contributed by atoms with E-state index in [9.17, 15) is 0 Å². The molecule has 0 aromatic carbocycles. The second-order valence-electron chi connectivity index (χ2n) is 6.06. The summed E-state index contributed by atoms with van der Waals surface area (Å²) >= 11 is 0. The third kappa shape index (κ3) is 8.70. The molecule has 1 nitrogen and oxygen atoms in total. The monoisotopic (exact) mass is 288 g/mol. The van der Waals surface area contributed by atoms with Crippen LogP contribution in [0.5, 0.6) is 0 Å². The van der Waals surface area contributed by atoms with Gasteiger partial charge in [-0.05, 0) is 12.5 Å². The molecule has 0 unspecified atom stereocenters. The van der Waals surface area contributed by atoms with Gasteiger partial charge >= 0.3 is 0 Å². The average molecular weight is 288 g/mol. The van der Waals surface area contributed by atoms with Crippen molar-refractivity contribution in [3.63, 3.8) is 0 Å². The van der Waals surface area contributed by atoms with Crippen molar-refractivity contribution < 1.29 is 4.57 Å². The van der Waals surface area contributed by atoms with Crippen LogP contribution in [0.2, 0.25) is 0 Å². The van der Waals surface area contributed by atoms with Crippen molar-refractivity contribution in [1.82, 2.24) is 0 Å². The van der Waals surface area contributed by atoms with Crippen LogP contribution in [0.4, 0.5) is 0 Å². The molecule has 0 aliphatic carbocycles. The van der Waals surface area contributed by atoms with Crippen molar-refractivity contribution in [2.45, 2.75) is 84.1 Å². The lowest BCUT2D eigenvalue weighted by atomic mass is 10.1. The van der Waals surface area contributed by atoms with Gasteiger partial charge in [0.15, 0.2) is 6.20 Å². The Hall–Kier alpha value is -1.11. The van der Waals surface area contributed by atoms with E-state index >= 15 is 0 Å². The topological polar surface area (TPSA) is 3.88 Å². The molecule has 0 atom stereocenters. The molecule has 1 heteroatoms. The van der Waals surface area contributed by atoms with Crippen molar-refractivity contribution in [3.05, 3.63) is 36.7 Å². The van der Waals surface area contributed by atoms with Crippen LogP contribution in [0.15, 0.2) is 31.0 Å². The highest BCUT2D eigenvalue weighted by Crippen LogP contribution is 2.11. The average Bonchev–Trinajstić information content (AvgIpc) is 2.53. The van der Waals surface area contributed by atoms with E-state index in [1.807, 2.05) is 6.08 Å². The fraction of sp³-hybridized carbons (Fsp3) is 0.650. The summed E-state index contributed by atoms with van der Waals surface area (Å²) < 4.78 is 2.31. The highest BCUT2D eigenvalue weighted by molar-refractivity contribution is 5.36. The second kappa shape index (κ2) is 12.6. The first-order chi connectivity index (χ1) is 10.4. The molecule has 0 saturated carbocycles. The van der Waals surface area contributed by atoms with Crippen LogP contribution in [0.3, 0.4) is 0 Å². The third-order valence-corrected chi connectivity index (χ3v) is 4.19. The van der Waals surface area contributed by atoms with Gasteiger partial charge in [0.2, 0.25) is 5.69 Å². The van der Waals surface area contributed by atoms with Crippen molar-refractivity contribution in [1.29, 1.82) is 0 Å². The number of aromatic nitrogens is 1. The number of nitrogens with zero attached hydrogens (tertiary/aromatic N) is 1. The molecule has 0 fully saturated rings. The molecule has 0 bridgehead atoms. The standard InChI is InChI=1S/C20H34N/c1-3-5-6-7-8-9-10-11-12-13-15-18-21-19-16-14-17-20(21)4-2/h4,14,16-17,19H,2-3,5-13,15,18H2,1H3/q+1. The number of hydrogen-bond acceptors (Lipinski definition) is 0. The van der Waals surface area contributed by atoms with E-state index in [0.717, 1.165) is 6.54 Å². The van der Waals surface area contributed by atoms with Crippen molar-refractivity contribution >= 4 is 6.08 Å². The summed E-state index contributed by atoms with van der Waals surface area (Å²) in [5.74, 6) is 0. The van der Waals surface area contributed by atoms with E-state index in [0.29, 0.717) is 0 Å². The molecule has 0 spiro atoms. The molecular weight excluding hydrogens is 254 g/mol. The van der Waals surface area contributed by atoms with Gasteiger partial charge in [-0.15, -0.1) is 0 Å². The summed E-state index contributed by atoms with van der Waals surface area (Å²) in [6.07, 6.45) is 19.5. The Kier molecular flexibility index (Phi) is 10.8. The zero-order valence-corrected chi connectivity index (χ0v) is 14.0. The number of pyridine rings is 1. The zero-order valence-electron chi connectivity index (χ0n) is 14.0. The second-order valence-corrected chi connectivity index (χ2v) is 6.06. The van der Waals surface area contributed by atoms with Crippen LogP contribution in [-0.4, -0.2) is 0 Å². The summed E-state index contributed by atoms with van der Waals surface area (Å²) in [6.45, 7) is 7.28. The van der Waals surface area contributed by atoms with Crippen LogP contribution in [0.25, 0.3) is 6.08 Å². The predicted molar refractivity (Wildman–Crippen MR) is 93.2 cm³/mol. The van der Waals surface area contributed by atoms with Crippen molar-refractivity contribution in [2.75, 3.05) is 0 Å². The Labute approximate surface area is 132 Å². The largest absolute Gasteiger partial charge is 0.204 e.